The summed E-state index contributed by atoms with van der Waals surface area (Å²) in [4.78, 5) is 10.9. The average molecular weight is 324 g/mol. The summed E-state index contributed by atoms with van der Waals surface area (Å²) in [6.07, 6.45) is 7.96. The van der Waals surface area contributed by atoms with Crippen molar-refractivity contribution in [3.8, 4) is 0 Å². The summed E-state index contributed by atoms with van der Waals surface area (Å²) in [5.41, 5.74) is 1.19. The molecule has 0 saturated carbocycles. The average Bonchev–Trinajstić information content (AvgIpc) is 2.66. The smallest absolute Gasteiger partial charge is 0.134 e. The van der Waals surface area contributed by atoms with Crippen LogP contribution < -0.4 is 10.2 Å². The van der Waals surface area contributed by atoms with Gasteiger partial charge in [0, 0.05) is 32.3 Å². The van der Waals surface area contributed by atoms with Crippen LogP contribution in [0, 0.1) is 5.92 Å². The third-order valence-corrected chi connectivity index (χ3v) is 4.26. The molecule has 0 amide bonds. The topological polar surface area (TPSA) is 61.3 Å². The molecule has 1 aliphatic rings. The van der Waals surface area contributed by atoms with Crippen LogP contribution in [0.3, 0.4) is 0 Å². The predicted molar refractivity (Wildman–Crippen MR) is 98.0 cm³/mol. The second kappa shape index (κ2) is 8.45. The van der Waals surface area contributed by atoms with Gasteiger partial charge in [-0.05, 0) is 24.3 Å². The Hall–Kier alpha value is -2.40. The molecule has 1 unspecified atom stereocenters. The lowest BCUT2D eigenvalue weighted by Crippen LogP contribution is -2.37. The number of nitrogens with zero attached hydrogens (tertiary/aromatic N) is 3. The van der Waals surface area contributed by atoms with Gasteiger partial charge in [-0.25, -0.2) is 9.97 Å². The van der Waals surface area contributed by atoms with E-state index in [1.807, 2.05) is 24.3 Å². The second-order valence-electron chi connectivity index (χ2n) is 6.09. The van der Waals surface area contributed by atoms with Crippen LogP contribution in [0.5, 0.6) is 0 Å². The molecule has 0 aliphatic carbocycles. The Kier molecular flexibility index (Phi) is 5.80. The third kappa shape index (κ3) is 4.55. The van der Waals surface area contributed by atoms with E-state index in [4.69, 9.17) is 0 Å². The first-order valence-corrected chi connectivity index (χ1v) is 8.48. The van der Waals surface area contributed by atoms with Crippen molar-refractivity contribution in [2.24, 2.45) is 5.92 Å². The van der Waals surface area contributed by atoms with Crippen molar-refractivity contribution in [1.29, 1.82) is 0 Å². The van der Waals surface area contributed by atoms with Gasteiger partial charge in [0.15, 0.2) is 0 Å². The van der Waals surface area contributed by atoms with Crippen molar-refractivity contribution in [3.63, 3.8) is 0 Å². The van der Waals surface area contributed by atoms with E-state index in [9.17, 15) is 5.11 Å². The van der Waals surface area contributed by atoms with Gasteiger partial charge in [-0.15, -0.1) is 0 Å². The summed E-state index contributed by atoms with van der Waals surface area (Å²) in [6, 6.07) is 12.2. The third-order valence-electron chi connectivity index (χ3n) is 4.26. The number of aliphatic hydroxyl groups is 1. The molecule has 2 N–H and O–H groups in total. The van der Waals surface area contributed by atoms with E-state index in [0.717, 1.165) is 37.6 Å². The van der Waals surface area contributed by atoms with E-state index in [2.05, 4.69) is 44.5 Å². The summed E-state index contributed by atoms with van der Waals surface area (Å²) in [5, 5.41) is 12.7. The van der Waals surface area contributed by atoms with Crippen molar-refractivity contribution in [1.82, 2.24) is 9.97 Å². The van der Waals surface area contributed by atoms with Crippen LogP contribution in [0.2, 0.25) is 0 Å². The molecule has 0 spiro atoms. The number of rotatable bonds is 6. The van der Waals surface area contributed by atoms with Gasteiger partial charge >= 0.3 is 0 Å². The zero-order valence-electron chi connectivity index (χ0n) is 13.8. The van der Waals surface area contributed by atoms with Crippen molar-refractivity contribution in [2.45, 2.75) is 12.8 Å². The van der Waals surface area contributed by atoms with Gasteiger partial charge in [-0.1, -0.05) is 42.5 Å². The second-order valence-corrected chi connectivity index (χ2v) is 6.09. The molecular weight excluding hydrogens is 300 g/mol. The molecule has 1 fully saturated rings. The largest absolute Gasteiger partial charge is 0.396 e. The summed E-state index contributed by atoms with van der Waals surface area (Å²) in [7, 11) is 0. The lowest BCUT2D eigenvalue weighted by molar-refractivity contribution is 0.208. The Morgan fingerprint density at radius 1 is 1.25 bits per heavy atom. The molecule has 126 valence electrons. The van der Waals surface area contributed by atoms with Crippen molar-refractivity contribution in [2.75, 3.05) is 36.5 Å². The van der Waals surface area contributed by atoms with E-state index >= 15 is 0 Å². The molecule has 1 atom stereocenters. The van der Waals surface area contributed by atoms with Gasteiger partial charge < -0.3 is 15.3 Å². The van der Waals surface area contributed by atoms with Gasteiger partial charge in [0.05, 0.1) is 0 Å². The number of hydrogen-bond acceptors (Lipinski definition) is 5. The molecule has 0 bridgehead atoms. The highest BCUT2D eigenvalue weighted by molar-refractivity contribution is 5.52. The van der Waals surface area contributed by atoms with E-state index in [0.29, 0.717) is 12.5 Å². The van der Waals surface area contributed by atoms with Crippen LogP contribution in [0.4, 0.5) is 11.6 Å². The van der Waals surface area contributed by atoms with E-state index in [-0.39, 0.29) is 6.61 Å². The predicted octanol–water partition coefficient (Wildman–Crippen LogP) is 2.81. The summed E-state index contributed by atoms with van der Waals surface area (Å²) < 4.78 is 0. The summed E-state index contributed by atoms with van der Waals surface area (Å²) in [6.45, 7) is 2.81. The zero-order valence-corrected chi connectivity index (χ0v) is 13.8. The molecule has 1 saturated heterocycles. The van der Waals surface area contributed by atoms with Gasteiger partial charge in [-0.3, -0.25) is 0 Å². The first kappa shape index (κ1) is 16.5. The monoisotopic (exact) mass is 324 g/mol. The van der Waals surface area contributed by atoms with Crippen LogP contribution in [0.1, 0.15) is 18.4 Å². The minimum absolute atomic E-state index is 0.247. The van der Waals surface area contributed by atoms with Gasteiger partial charge in [-0.2, -0.15) is 0 Å². The molecule has 24 heavy (non-hydrogen) atoms. The Balaban J connectivity index is 1.56. The molecule has 0 radical (unpaired) electrons. The Morgan fingerprint density at radius 2 is 2.12 bits per heavy atom. The minimum Gasteiger partial charge on any atom is -0.396 e. The number of nitrogens with one attached hydrogen (secondary N) is 1. The maximum absolute atomic E-state index is 9.37. The molecule has 1 aromatic carbocycles. The molecule has 1 aromatic heterocycles. The molecule has 3 rings (SSSR count). The van der Waals surface area contributed by atoms with Gasteiger partial charge in [0.1, 0.15) is 18.0 Å². The zero-order chi connectivity index (χ0) is 16.6. The van der Waals surface area contributed by atoms with Crippen LogP contribution >= 0.6 is 0 Å². The van der Waals surface area contributed by atoms with Crippen LogP contribution in [-0.2, 0) is 0 Å². The fourth-order valence-corrected chi connectivity index (χ4v) is 2.96. The number of benzene rings is 1. The van der Waals surface area contributed by atoms with Gasteiger partial charge in [0.25, 0.3) is 0 Å². The maximum atomic E-state index is 9.37. The first-order chi connectivity index (χ1) is 11.8. The van der Waals surface area contributed by atoms with Crippen LogP contribution in [0.25, 0.3) is 6.08 Å². The molecule has 5 heteroatoms. The van der Waals surface area contributed by atoms with E-state index < -0.39 is 0 Å². The van der Waals surface area contributed by atoms with Crippen molar-refractivity contribution < 1.29 is 5.11 Å². The lowest BCUT2D eigenvalue weighted by Gasteiger charge is -2.32. The van der Waals surface area contributed by atoms with Crippen molar-refractivity contribution in [3.05, 3.63) is 54.4 Å². The number of anilines is 2. The normalized spacial score (nSPS) is 18.0. The Labute approximate surface area is 143 Å². The summed E-state index contributed by atoms with van der Waals surface area (Å²) in [5.74, 6) is 2.10. The SMILES string of the molecule is OCC1CCCN(c2cc(NC/C=C/c3ccccc3)ncn2)C1. The van der Waals surface area contributed by atoms with E-state index in [1.165, 1.54) is 5.56 Å². The van der Waals surface area contributed by atoms with Gasteiger partial charge in [0.2, 0.25) is 0 Å². The first-order valence-electron chi connectivity index (χ1n) is 8.48. The van der Waals surface area contributed by atoms with Crippen molar-refractivity contribution >= 4 is 17.7 Å². The lowest BCUT2D eigenvalue weighted by atomic mass is 9.99. The minimum atomic E-state index is 0.247. The number of hydrogen-bond donors (Lipinski definition) is 2. The van der Waals surface area contributed by atoms with Crippen LogP contribution in [-0.4, -0.2) is 41.3 Å². The highest BCUT2D eigenvalue weighted by atomic mass is 16.3. The summed E-state index contributed by atoms with van der Waals surface area (Å²) >= 11 is 0. The number of piperidine rings is 1. The number of aromatic nitrogens is 2. The van der Waals surface area contributed by atoms with Crippen LogP contribution in [0.15, 0.2) is 48.8 Å². The highest BCUT2D eigenvalue weighted by Gasteiger charge is 2.20. The molecule has 5 nitrogen and oxygen atoms in total. The molecule has 1 aliphatic heterocycles. The fourth-order valence-electron chi connectivity index (χ4n) is 2.96. The Bertz CT molecular complexity index is 659. The maximum Gasteiger partial charge on any atom is 0.134 e. The highest BCUT2D eigenvalue weighted by Crippen LogP contribution is 2.22. The quantitative estimate of drug-likeness (QED) is 0.855. The molecule has 2 aromatic rings. The standard InChI is InChI=1S/C19H24N4O/c24-14-17-9-5-11-23(13-17)19-12-18(21-15-22-19)20-10-4-8-16-6-2-1-3-7-16/h1-4,6-8,12,15,17,24H,5,9-11,13-14H2,(H,20,21,22)/b8-4+. The molecule has 2 heterocycles. The number of aliphatic hydroxyl groups excluding tert-OH is 1. The molecular formula is C19H24N4O. The van der Waals surface area contributed by atoms with E-state index in [1.54, 1.807) is 6.33 Å². The Morgan fingerprint density at radius 3 is 2.96 bits per heavy atom. The fraction of sp³-hybridized carbons (Fsp3) is 0.368.